The Hall–Kier alpha value is -1.42. The Balaban J connectivity index is 1.99. The van der Waals surface area contributed by atoms with Gasteiger partial charge in [-0.05, 0) is 19.1 Å². The van der Waals surface area contributed by atoms with Gasteiger partial charge in [-0.15, -0.1) is 0 Å². The van der Waals surface area contributed by atoms with Crippen LogP contribution < -0.4 is 5.32 Å². The predicted molar refractivity (Wildman–Crippen MR) is 95.6 cm³/mol. The summed E-state index contributed by atoms with van der Waals surface area (Å²) in [5, 5.41) is 2.88. The Morgan fingerprint density at radius 3 is 2.86 bits per heavy atom. The summed E-state index contributed by atoms with van der Waals surface area (Å²) in [5.74, 6) is -0.972. The molecule has 1 aliphatic heterocycles. The Kier molecular flexibility index (Phi) is 8.48. The van der Waals surface area contributed by atoms with Gasteiger partial charge in [0.1, 0.15) is 12.4 Å². The second-order valence-electron chi connectivity index (χ2n) is 6.55. The second kappa shape index (κ2) is 10.4. The molecule has 1 amide bonds. The highest BCUT2D eigenvalue weighted by Gasteiger charge is 2.30. The van der Waals surface area contributed by atoms with Gasteiger partial charge in [0.05, 0.1) is 25.4 Å². The average molecular weight is 427 g/mol. The molecular weight excluding hydrogens is 404 g/mol. The molecule has 0 bridgehead atoms. The maximum atomic E-state index is 14.5. The van der Waals surface area contributed by atoms with Crippen LogP contribution in [0.15, 0.2) is 18.2 Å². The third kappa shape index (κ3) is 7.20. The van der Waals surface area contributed by atoms with E-state index in [0.717, 1.165) is 0 Å². The summed E-state index contributed by atoms with van der Waals surface area (Å²) >= 11 is 6.20. The first-order chi connectivity index (χ1) is 13.2. The van der Waals surface area contributed by atoms with E-state index in [0.29, 0.717) is 19.7 Å². The summed E-state index contributed by atoms with van der Waals surface area (Å²) in [6.45, 7) is 1.71. The fraction of sp³-hybridized carbons (Fsp3) is 0.611. The average Bonchev–Trinajstić information content (AvgIpc) is 2.60. The normalized spacial score (nSPS) is 19.4. The molecule has 0 radical (unpaired) electrons. The summed E-state index contributed by atoms with van der Waals surface area (Å²) < 4.78 is 60.5. The smallest absolute Gasteiger partial charge is 0.376 e. The number of halogens is 5. The molecule has 10 heteroatoms. The van der Waals surface area contributed by atoms with Crippen molar-refractivity contribution in [3.8, 4) is 0 Å². The van der Waals surface area contributed by atoms with Crippen molar-refractivity contribution >= 4 is 17.5 Å². The molecule has 28 heavy (non-hydrogen) atoms. The largest absolute Gasteiger partial charge is 0.411 e. The van der Waals surface area contributed by atoms with Crippen LogP contribution in [0.4, 0.5) is 17.6 Å². The number of nitrogens with zero attached hydrogens (tertiary/aromatic N) is 1. The summed E-state index contributed by atoms with van der Waals surface area (Å²) in [6.07, 6.45) is -4.72. The van der Waals surface area contributed by atoms with Crippen molar-refractivity contribution in [3.63, 3.8) is 0 Å². The van der Waals surface area contributed by atoms with Gasteiger partial charge in [0, 0.05) is 36.6 Å². The van der Waals surface area contributed by atoms with Gasteiger partial charge in [0.25, 0.3) is 0 Å². The van der Waals surface area contributed by atoms with Crippen LogP contribution in [0.25, 0.3) is 0 Å². The Bertz CT molecular complexity index is 640. The second-order valence-corrected chi connectivity index (χ2v) is 6.96. The highest BCUT2D eigenvalue weighted by molar-refractivity contribution is 6.31. The van der Waals surface area contributed by atoms with Crippen LogP contribution in [0.2, 0.25) is 5.02 Å². The molecule has 158 valence electrons. The van der Waals surface area contributed by atoms with E-state index >= 15 is 0 Å². The van der Waals surface area contributed by atoms with E-state index in [4.69, 9.17) is 16.3 Å². The van der Waals surface area contributed by atoms with E-state index in [2.05, 4.69) is 10.1 Å². The quantitative estimate of drug-likeness (QED) is 0.512. The number of ether oxygens (including phenoxy) is 2. The number of benzene rings is 1. The third-order valence-electron chi connectivity index (χ3n) is 4.28. The lowest BCUT2D eigenvalue weighted by Gasteiger charge is -2.38. The lowest BCUT2D eigenvalue weighted by atomic mass is 10.0. The van der Waals surface area contributed by atoms with Crippen LogP contribution in [-0.2, 0) is 14.3 Å². The van der Waals surface area contributed by atoms with Gasteiger partial charge in [-0.3, -0.25) is 9.69 Å². The zero-order valence-corrected chi connectivity index (χ0v) is 16.2. The van der Waals surface area contributed by atoms with Crippen molar-refractivity contribution in [2.45, 2.75) is 31.7 Å². The fourth-order valence-corrected chi connectivity index (χ4v) is 3.31. The van der Waals surface area contributed by atoms with Gasteiger partial charge < -0.3 is 14.8 Å². The molecule has 5 nitrogen and oxygen atoms in total. The zero-order chi connectivity index (χ0) is 20.7. The Morgan fingerprint density at radius 2 is 2.21 bits per heavy atom. The minimum atomic E-state index is -4.43. The van der Waals surface area contributed by atoms with E-state index < -0.39 is 30.5 Å². The van der Waals surface area contributed by atoms with Crippen LogP contribution in [-0.4, -0.2) is 62.5 Å². The minimum absolute atomic E-state index is 0.0610. The molecule has 0 saturated carbocycles. The van der Waals surface area contributed by atoms with Gasteiger partial charge >= 0.3 is 6.18 Å². The maximum absolute atomic E-state index is 14.5. The van der Waals surface area contributed by atoms with Crippen molar-refractivity contribution in [2.75, 3.05) is 39.5 Å². The highest BCUT2D eigenvalue weighted by atomic mass is 35.5. The first kappa shape index (κ1) is 22.9. The number of alkyl halides is 3. The maximum Gasteiger partial charge on any atom is 0.411 e. The van der Waals surface area contributed by atoms with Crippen molar-refractivity contribution in [1.29, 1.82) is 0 Å². The van der Waals surface area contributed by atoms with Crippen molar-refractivity contribution in [1.82, 2.24) is 10.2 Å². The summed E-state index contributed by atoms with van der Waals surface area (Å²) in [7, 11) is 0. The molecule has 0 aromatic heterocycles. The standard InChI is InChI=1S/C18H23ClF4N2O3/c1-12-10-25(6-8-28-12)15(17-13(19)3-2-4-14(17)20)9-24-16(26)5-7-27-11-18(21,22)23/h2-4,12,15H,5-11H2,1H3,(H,24,26). The number of amides is 1. The zero-order valence-electron chi connectivity index (χ0n) is 15.4. The number of morpholine rings is 1. The summed E-state index contributed by atoms with van der Waals surface area (Å²) in [4.78, 5) is 13.9. The van der Waals surface area contributed by atoms with Gasteiger partial charge in [-0.1, -0.05) is 17.7 Å². The molecule has 2 unspecified atom stereocenters. The molecule has 1 aromatic rings. The van der Waals surface area contributed by atoms with Crippen LogP contribution in [0.3, 0.4) is 0 Å². The Morgan fingerprint density at radius 1 is 1.46 bits per heavy atom. The molecule has 2 rings (SSSR count). The van der Waals surface area contributed by atoms with Crippen LogP contribution in [0.1, 0.15) is 24.9 Å². The molecule has 0 spiro atoms. The van der Waals surface area contributed by atoms with E-state index in [-0.39, 0.29) is 36.3 Å². The van der Waals surface area contributed by atoms with Crippen molar-refractivity contribution in [3.05, 3.63) is 34.6 Å². The van der Waals surface area contributed by atoms with E-state index in [1.54, 1.807) is 6.07 Å². The van der Waals surface area contributed by atoms with Crippen molar-refractivity contribution in [2.24, 2.45) is 0 Å². The van der Waals surface area contributed by atoms with Gasteiger partial charge in [0.15, 0.2) is 0 Å². The Labute approximate surface area is 165 Å². The molecule has 0 aliphatic carbocycles. The topological polar surface area (TPSA) is 50.8 Å². The number of nitrogens with one attached hydrogen (secondary N) is 1. The number of rotatable bonds is 8. The molecule has 1 aliphatic rings. The summed E-state index contributed by atoms with van der Waals surface area (Å²) in [6, 6.07) is 3.84. The fourth-order valence-electron chi connectivity index (χ4n) is 3.02. The van der Waals surface area contributed by atoms with Crippen molar-refractivity contribution < 1.29 is 31.8 Å². The first-order valence-corrected chi connectivity index (χ1v) is 9.26. The number of hydrogen-bond donors (Lipinski definition) is 1. The molecule has 1 aromatic carbocycles. The monoisotopic (exact) mass is 426 g/mol. The summed E-state index contributed by atoms with van der Waals surface area (Å²) in [5.41, 5.74) is 0.270. The van der Waals surface area contributed by atoms with Crippen LogP contribution in [0.5, 0.6) is 0 Å². The SMILES string of the molecule is CC1CN(C(CNC(=O)CCOCC(F)(F)F)c2c(F)cccc2Cl)CCO1. The van der Waals surface area contributed by atoms with Crippen LogP contribution in [0, 0.1) is 5.82 Å². The van der Waals surface area contributed by atoms with E-state index in [1.807, 2.05) is 11.8 Å². The number of carbonyl (C=O) groups is 1. The molecular formula is C18H23ClF4N2O3. The van der Waals surface area contributed by atoms with Gasteiger partial charge in [0.2, 0.25) is 5.91 Å². The van der Waals surface area contributed by atoms with E-state index in [9.17, 15) is 22.4 Å². The van der Waals surface area contributed by atoms with Gasteiger partial charge in [-0.25, -0.2) is 4.39 Å². The van der Waals surface area contributed by atoms with Gasteiger partial charge in [-0.2, -0.15) is 13.2 Å². The van der Waals surface area contributed by atoms with Crippen LogP contribution >= 0.6 is 11.6 Å². The lowest BCUT2D eigenvalue weighted by molar-refractivity contribution is -0.174. The number of carbonyl (C=O) groups excluding carboxylic acids is 1. The molecule has 1 heterocycles. The predicted octanol–water partition coefficient (Wildman–Crippen LogP) is 3.33. The molecule has 2 atom stereocenters. The highest BCUT2D eigenvalue weighted by Crippen LogP contribution is 2.31. The minimum Gasteiger partial charge on any atom is -0.376 e. The van der Waals surface area contributed by atoms with E-state index in [1.165, 1.54) is 12.1 Å². The third-order valence-corrected chi connectivity index (χ3v) is 4.61. The number of hydrogen-bond acceptors (Lipinski definition) is 4. The molecule has 1 saturated heterocycles. The lowest BCUT2D eigenvalue weighted by Crippen LogP contribution is -2.47. The molecule has 1 fully saturated rings. The first-order valence-electron chi connectivity index (χ1n) is 8.88. The molecule has 1 N–H and O–H groups in total.